The molecule has 4 aromatic rings. The molecule has 0 amide bonds. The molecule has 0 spiro atoms. The van der Waals surface area contributed by atoms with Gasteiger partial charge in [0.25, 0.3) is 0 Å². The lowest BCUT2D eigenvalue weighted by Crippen LogP contribution is -2.39. The second-order valence-electron chi connectivity index (χ2n) is 6.23. The largest absolute Gasteiger partial charge is 0.324 e. The molecule has 0 saturated carbocycles. The van der Waals surface area contributed by atoms with Crippen molar-refractivity contribution in [3.8, 4) is 0 Å². The highest BCUT2D eigenvalue weighted by molar-refractivity contribution is 5.51. The van der Waals surface area contributed by atoms with Crippen LogP contribution in [-0.4, -0.2) is 9.55 Å². The van der Waals surface area contributed by atoms with Gasteiger partial charge in [-0.1, -0.05) is 91.0 Å². The molecule has 3 heteroatoms. The average molecular weight is 339 g/mol. The summed E-state index contributed by atoms with van der Waals surface area (Å²) >= 11 is 0. The minimum absolute atomic E-state index is 0.376. The lowest BCUT2D eigenvalue weighted by Gasteiger charge is -2.38. The first-order chi connectivity index (χ1) is 12.9. The van der Waals surface area contributed by atoms with Crippen molar-refractivity contribution in [2.24, 2.45) is 5.73 Å². The van der Waals surface area contributed by atoms with Gasteiger partial charge in [0, 0.05) is 12.4 Å². The van der Waals surface area contributed by atoms with Crippen molar-refractivity contribution in [3.05, 3.63) is 126 Å². The molecule has 0 saturated heterocycles. The van der Waals surface area contributed by atoms with Crippen molar-refractivity contribution in [2.75, 3.05) is 0 Å². The maximum Gasteiger partial charge on any atom is 0.123 e. The van der Waals surface area contributed by atoms with Gasteiger partial charge in [0.2, 0.25) is 0 Å². The van der Waals surface area contributed by atoms with Crippen molar-refractivity contribution in [1.82, 2.24) is 9.55 Å². The van der Waals surface area contributed by atoms with Crippen LogP contribution in [0.2, 0.25) is 0 Å². The molecule has 0 atom stereocenters. The van der Waals surface area contributed by atoms with Crippen LogP contribution in [0, 0.1) is 0 Å². The van der Waals surface area contributed by atoms with Crippen LogP contribution in [0.4, 0.5) is 0 Å². The van der Waals surface area contributed by atoms with Crippen LogP contribution in [0.15, 0.2) is 103 Å². The normalized spacial score (nSPS) is 11.4. The Morgan fingerprint density at radius 1 is 0.692 bits per heavy atom. The van der Waals surface area contributed by atoms with E-state index in [1.54, 1.807) is 0 Å². The molecular formula is C23H21N3. The minimum atomic E-state index is -0.533. The predicted molar refractivity (Wildman–Crippen MR) is 105 cm³/mol. The molecule has 0 bridgehead atoms. The summed E-state index contributed by atoms with van der Waals surface area (Å²) in [6.07, 6.45) is 3.85. The molecule has 128 valence electrons. The molecule has 1 aromatic heterocycles. The van der Waals surface area contributed by atoms with E-state index in [0.29, 0.717) is 6.54 Å². The third kappa shape index (κ3) is 2.54. The zero-order valence-electron chi connectivity index (χ0n) is 14.5. The Kier molecular flexibility index (Phi) is 4.38. The summed E-state index contributed by atoms with van der Waals surface area (Å²) < 4.78 is 2.20. The monoisotopic (exact) mass is 339 g/mol. The van der Waals surface area contributed by atoms with Gasteiger partial charge in [0.05, 0.1) is 6.54 Å². The molecule has 0 unspecified atom stereocenters. The molecule has 0 radical (unpaired) electrons. The van der Waals surface area contributed by atoms with E-state index in [2.05, 4.69) is 82.3 Å². The lowest BCUT2D eigenvalue weighted by molar-refractivity contribution is 0.493. The molecule has 4 rings (SSSR count). The zero-order valence-corrected chi connectivity index (χ0v) is 14.5. The Balaban J connectivity index is 2.15. The molecule has 26 heavy (non-hydrogen) atoms. The van der Waals surface area contributed by atoms with Gasteiger partial charge in [-0.05, 0) is 16.7 Å². The summed E-state index contributed by atoms with van der Waals surface area (Å²) in [6, 6.07) is 31.6. The molecule has 3 nitrogen and oxygen atoms in total. The first kappa shape index (κ1) is 16.3. The number of hydrogen-bond acceptors (Lipinski definition) is 2. The Morgan fingerprint density at radius 2 is 1.12 bits per heavy atom. The fourth-order valence-electron chi connectivity index (χ4n) is 3.75. The summed E-state index contributed by atoms with van der Waals surface area (Å²) in [6.45, 7) is 0.376. The topological polar surface area (TPSA) is 43.8 Å². The third-order valence-corrected chi connectivity index (χ3v) is 4.84. The van der Waals surface area contributed by atoms with Crippen LogP contribution in [0.1, 0.15) is 22.5 Å². The zero-order chi connectivity index (χ0) is 17.8. The Morgan fingerprint density at radius 3 is 1.50 bits per heavy atom. The standard InChI is InChI=1S/C23H21N3/c24-18-22-25-16-17-26(22)23(19-10-4-1-5-11-19,20-12-6-2-7-13-20)21-14-8-3-9-15-21/h1-17H,18,24H2. The van der Waals surface area contributed by atoms with Gasteiger partial charge in [-0.3, -0.25) is 0 Å². The second-order valence-corrected chi connectivity index (χ2v) is 6.23. The van der Waals surface area contributed by atoms with E-state index in [4.69, 9.17) is 5.73 Å². The van der Waals surface area contributed by atoms with E-state index in [0.717, 1.165) is 5.82 Å². The summed E-state index contributed by atoms with van der Waals surface area (Å²) in [7, 11) is 0. The van der Waals surface area contributed by atoms with Crippen molar-refractivity contribution in [1.29, 1.82) is 0 Å². The van der Waals surface area contributed by atoms with E-state index >= 15 is 0 Å². The Hall–Kier alpha value is -3.17. The van der Waals surface area contributed by atoms with Gasteiger partial charge in [0.1, 0.15) is 11.4 Å². The van der Waals surface area contributed by atoms with Gasteiger partial charge >= 0.3 is 0 Å². The van der Waals surface area contributed by atoms with E-state index in [-0.39, 0.29) is 0 Å². The Bertz CT molecular complexity index is 863. The fourth-order valence-corrected chi connectivity index (χ4v) is 3.75. The Labute approximate surface area is 153 Å². The van der Waals surface area contributed by atoms with E-state index in [1.165, 1.54) is 16.7 Å². The van der Waals surface area contributed by atoms with Crippen LogP contribution in [0.3, 0.4) is 0 Å². The van der Waals surface area contributed by atoms with Gasteiger partial charge in [-0.2, -0.15) is 0 Å². The first-order valence-electron chi connectivity index (χ1n) is 8.76. The SMILES string of the molecule is NCc1nccn1C(c1ccccc1)(c1ccccc1)c1ccccc1. The fraction of sp³-hybridized carbons (Fsp3) is 0.0870. The van der Waals surface area contributed by atoms with Gasteiger partial charge in [0.15, 0.2) is 0 Å². The van der Waals surface area contributed by atoms with E-state index < -0.39 is 5.54 Å². The minimum Gasteiger partial charge on any atom is -0.324 e. The van der Waals surface area contributed by atoms with Crippen LogP contribution in [0.5, 0.6) is 0 Å². The molecule has 0 aliphatic carbocycles. The second kappa shape index (κ2) is 6.98. The maximum atomic E-state index is 6.04. The predicted octanol–water partition coefficient (Wildman–Crippen LogP) is 4.18. The molecule has 3 aromatic carbocycles. The smallest absolute Gasteiger partial charge is 0.123 e. The number of imidazole rings is 1. The molecule has 0 aliphatic heterocycles. The highest BCUT2D eigenvalue weighted by Crippen LogP contribution is 2.41. The number of hydrogen-bond donors (Lipinski definition) is 1. The number of benzene rings is 3. The summed E-state index contributed by atoms with van der Waals surface area (Å²) in [4.78, 5) is 4.52. The van der Waals surface area contributed by atoms with E-state index in [9.17, 15) is 0 Å². The highest BCUT2D eigenvalue weighted by Gasteiger charge is 2.39. The van der Waals surface area contributed by atoms with Crippen LogP contribution >= 0.6 is 0 Å². The first-order valence-corrected chi connectivity index (χ1v) is 8.76. The summed E-state index contributed by atoms with van der Waals surface area (Å²) in [5, 5.41) is 0. The van der Waals surface area contributed by atoms with Crippen molar-refractivity contribution >= 4 is 0 Å². The van der Waals surface area contributed by atoms with Gasteiger partial charge in [-0.25, -0.2) is 4.98 Å². The van der Waals surface area contributed by atoms with Crippen molar-refractivity contribution in [2.45, 2.75) is 12.1 Å². The van der Waals surface area contributed by atoms with Crippen molar-refractivity contribution in [3.63, 3.8) is 0 Å². The molecule has 2 N–H and O–H groups in total. The quantitative estimate of drug-likeness (QED) is 0.554. The number of aromatic nitrogens is 2. The number of nitrogens with zero attached hydrogens (tertiary/aromatic N) is 2. The number of nitrogens with two attached hydrogens (primary N) is 1. The third-order valence-electron chi connectivity index (χ3n) is 4.84. The molecule has 0 fully saturated rings. The van der Waals surface area contributed by atoms with Gasteiger partial charge < -0.3 is 10.3 Å². The van der Waals surface area contributed by atoms with Crippen molar-refractivity contribution < 1.29 is 0 Å². The highest BCUT2D eigenvalue weighted by atomic mass is 15.1. The van der Waals surface area contributed by atoms with Gasteiger partial charge in [-0.15, -0.1) is 0 Å². The summed E-state index contributed by atoms with van der Waals surface area (Å²) in [5.41, 5.74) is 9.02. The van der Waals surface area contributed by atoms with Crippen LogP contribution in [-0.2, 0) is 12.1 Å². The van der Waals surface area contributed by atoms with Crippen LogP contribution in [0.25, 0.3) is 0 Å². The van der Waals surface area contributed by atoms with Crippen LogP contribution < -0.4 is 5.73 Å². The number of rotatable bonds is 5. The lowest BCUT2D eigenvalue weighted by atomic mass is 9.76. The molecule has 1 heterocycles. The molecular weight excluding hydrogens is 318 g/mol. The molecule has 0 aliphatic rings. The summed E-state index contributed by atoms with van der Waals surface area (Å²) in [5.74, 6) is 0.849. The maximum absolute atomic E-state index is 6.04. The average Bonchev–Trinajstić information content (AvgIpc) is 3.20. The van der Waals surface area contributed by atoms with E-state index in [1.807, 2.05) is 30.6 Å².